The third-order valence-electron chi connectivity index (χ3n) is 1.90. The third-order valence-corrected chi connectivity index (χ3v) is 1.90. The van der Waals surface area contributed by atoms with Crippen molar-refractivity contribution >= 4 is 5.71 Å². The maximum atomic E-state index is 13.3. The van der Waals surface area contributed by atoms with E-state index in [2.05, 4.69) is 9.89 Å². The van der Waals surface area contributed by atoms with Gasteiger partial charge in [0.25, 0.3) is 6.43 Å². The zero-order chi connectivity index (χ0) is 13.0. The number of ether oxygens (including phenoxy) is 1. The first-order valence-electron chi connectivity index (χ1n) is 4.54. The molecule has 0 radical (unpaired) electrons. The summed E-state index contributed by atoms with van der Waals surface area (Å²) in [6.45, 7) is 0.220. The van der Waals surface area contributed by atoms with Gasteiger partial charge in [0.05, 0.1) is 5.71 Å². The number of rotatable bonds is 4. The largest absolute Gasteiger partial charge is 0.484 e. The van der Waals surface area contributed by atoms with E-state index < -0.39 is 30.4 Å². The van der Waals surface area contributed by atoms with Crippen LogP contribution in [0.15, 0.2) is 17.3 Å². The topological polar surface area (TPSA) is 41.8 Å². The summed E-state index contributed by atoms with van der Waals surface area (Å²) in [6.07, 6.45) is -2.79. The van der Waals surface area contributed by atoms with E-state index in [0.717, 1.165) is 6.07 Å². The molecule has 0 unspecified atom stereocenters. The van der Waals surface area contributed by atoms with Crippen LogP contribution in [0.2, 0.25) is 0 Å². The van der Waals surface area contributed by atoms with Crippen LogP contribution in [0.25, 0.3) is 0 Å². The highest BCUT2D eigenvalue weighted by atomic mass is 19.3. The zero-order valence-electron chi connectivity index (χ0n) is 8.75. The lowest BCUT2D eigenvalue weighted by atomic mass is 10.1. The van der Waals surface area contributed by atoms with Crippen LogP contribution in [-0.2, 0) is 0 Å². The first kappa shape index (κ1) is 13.3. The fraction of sp³-hybridized carbons (Fsp3) is 0.300. The van der Waals surface area contributed by atoms with Crippen molar-refractivity contribution in [1.29, 1.82) is 0 Å². The number of nitrogens with zero attached hydrogens (tertiary/aromatic N) is 1. The van der Waals surface area contributed by atoms with Gasteiger partial charge in [-0.2, -0.15) is 0 Å². The normalized spacial score (nSPS) is 12.0. The predicted octanol–water partition coefficient (Wildman–Crippen LogP) is 2.81. The molecule has 0 heterocycles. The van der Waals surface area contributed by atoms with Crippen LogP contribution in [0, 0.1) is 11.6 Å². The summed E-state index contributed by atoms with van der Waals surface area (Å²) in [5, 5.41) is 11.3. The molecule has 0 spiro atoms. The predicted molar refractivity (Wildman–Crippen MR) is 51.9 cm³/mol. The van der Waals surface area contributed by atoms with E-state index in [1.54, 1.807) is 0 Å². The highest BCUT2D eigenvalue weighted by Crippen LogP contribution is 2.25. The van der Waals surface area contributed by atoms with Crippen molar-refractivity contribution in [2.24, 2.45) is 5.16 Å². The standard InChI is InChI=1S/C10H9F4NO2/c1-5(15-16)7-2-6(11)3-8(12)10(7)17-4-9(13)14/h2-3,9,16H,4H2,1H3. The van der Waals surface area contributed by atoms with Gasteiger partial charge >= 0.3 is 0 Å². The molecule has 3 nitrogen and oxygen atoms in total. The van der Waals surface area contributed by atoms with Crippen molar-refractivity contribution in [3.8, 4) is 5.75 Å². The molecule has 0 aromatic heterocycles. The minimum absolute atomic E-state index is 0.146. The Bertz CT molecular complexity index is 435. The summed E-state index contributed by atoms with van der Waals surface area (Å²) >= 11 is 0. The van der Waals surface area contributed by atoms with Crippen LogP contribution in [0.3, 0.4) is 0 Å². The SMILES string of the molecule is CC(=NO)c1cc(F)cc(F)c1OCC(F)F. The number of halogens is 4. The summed E-state index contributed by atoms with van der Waals surface area (Å²) < 4.78 is 54.6. The van der Waals surface area contributed by atoms with E-state index in [4.69, 9.17) is 5.21 Å². The molecule has 0 fully saturated rings. The van der Waals surface area contributed by atoms with Crippen molar-refractivity contribution in [3.05, 3.63) is 29.3 Å². The lowest BCUT2D eigenvalue weighted by Crippen LogP contribution is -2.11. The van der Waals surface area contributed by atoms with Crippen LogP contribution in [-0.4, -0.2) is 24.0 Å². The molecule has 0 aliphatic carbocycles. The van der Waals surface area contributed by atoms with E-state index in [1.807, 2.05) is 0 Å². The molecule has 17 heavy (non-hydrogen) atoms. The molecule has 1 aromatic rings. The first-order valence-corrected chi connectivity index (χ1v) is 4.54. The van der Waals surface area contributed by atoms with Crippen LogP contribution >= 0.6 is 0 Å². The zero-order valence-corrected chi connectivity index (χ0v) is 8.75. The Balaban J connectivity index is 3.16. The monoisotopic (exact) mass is 251 g/mol. The second-order valence-electron chi connectivity index (χ2n) is 3.15. The fourth-order valence-corrected chi connectivity index (χ4v) is 1.18. The number of oxime groups is 1. The van der Waals surface area contributed by atoms with Crippen molar-refractivity contribution in [3.63, 3.8) is 0 Å². The maximum absolute atomic E-state index is 13.3. The Morgan fingerprint density at radius 1 is 1.41 bits per heavy atom. The number of hydrogen-bond acceptors (Lipinski definition) is 3. The van der Waals surface area contributed by atoms with Gasteiger partial charge in [0.2, 0.25) is 0 Å². The number of hydrogen-bond donors (Lipinski definition) is 1. The summed E-state index contributed by atoms with van der Waals surface area (Å²) in [4.78, 5) is 0. The molecule has 94 valence electrons. The molecule has 0 amide bonds. The molecule has 0 aliphatic heterocycles. The van der Waals surface area contributed by atoms with Gasteiger partial charge in [-0.1, -0.05) is 5.16 Å². The summed E-state index contributed by atoms with van der Waals surface area (Å²) in [5.41, 5.74) is -0.363. The second kappa shape index (κ2) is 5.51. The van der Waals surface area contributed by atoms with Gasteiger partial charge in [-0.3, -0.25) is 0 Å². The Labute approximate surface area is 94.3 Å². The Morgan fingerprint density at radius 2 is 2.06 bits per heavy atom. The Kier molecular flexibility index (Phi) is 4.30. The smallest absolute Gasteiger partial charge is 0.272 e. The minimum atomic E-state index is -2.79. The molecule has 0 saturated heterocycles. The maximum Gasteiger partial charge on any atom is 0.272 e. The van der Waals surface area contributed by atoms with Crippen LogP contribution in [0.5, 0.6) is 5.75 Å². The van der Waals surface area contributed by atoms with Crippen molar-refractivity contribution in [2.75, 3.05) is 6.61 Å². The molecule has 1 N–H and O–H groups in total. The average molecular weight is 251 g/mol. The van der Waals surface area contributed by atoms with Gasteiger partial charge in [0.15, 0.2) is 11.6 Å². The molecule has 0 bridgehead atoms. The Hall–Kier alpha value is -1.79. The quantitative estimate of drug-likeness (QED) is 0.387. The molecule has 0 aliphatic rings. The Morgan fingerprint density at radius 3 is 2.59 bits per heavy atom. The van der Waals surface area contributed by atoms with Crippen LogP contribution in [0.1, 0.15) is 12.5 Å². The average Bonchev–Trinajstić information content (AvgIpc) is 2.25. The van der Waals surface area contributed by atoms with E-state index >= 15 is 0 Å². The number of benzene rings is 1. The number of alkyl halides is 2. The highest BCUT2D eigenvalue weighted by molar-refractivity contribution is 6.00. The van der Waals surface area contributed by atoms with E-state index in [-0.39, 0.29) is 11.3 Å². The van der Waals surface area contributed by atoms with Crippen LogP contribution < -0.4 is 4.74 Å². The molecular formula is C10H9F4NO2. The van der Waals surface area contributed by atoms with Gasteiger partial charge in [-0.25, -0.2) is 17.6 Å². The first-order chi connectivity index (χ1) is 7.95. The summed E-state index contributed by atoms with van der Waals surface area (Å²) in [7, 11) is 0. The van der Waals surface area contributed by atoms with E-state index in [1.165, 1.54) is 6.92 Å². The molecule has 0 saturated carbocycles. The lowest BCUT2D eigenvalue weighted by Gasteiger charge is -2.11. The lowest BCUT2D eigenvalue weighted by molar-refractivity contribution is 0.0797. The van der Waals surface area contributed by atoms with Crippen molar-refractivity contribution in [2.45, 2.75) is 13.3 Å². The summed E-state index contributed by atoms with van der Waals surface area (Å²) in [5.74, 6) is -2.63. The fourth-order valence-electron chi connectivity index (χ4n) is 1.18. The third kappa shape index (κ3) is 3.33. The van der Waals surface area contributed by atoms with E-state index in [0.29, 0.717) is 6.07 Å². The molecule has 1 aromatic carbocycles. The molecule has 1 rings (SSSR count). The molecule has 0 atom stereocenters. The highest BCUT2D eigenvalue weighted by Gasteiger charge is 2.17. The minimum Gasteiger partial charge on any atom is -0.484 e. The van der Waals surface area contributed by atoms with Gasteiger partial charge in [-0.15, -0.1) is 0 Å². The van der Waals surface area contributed by atoms with Gasteiger partial charge < -0.3 is 9.94 Å². The van der Waals surface area contributed by atoms with Crippen molar-refractivity contribution < 1.29 is 27.5 Å². The van der Waals surface area contributed by atoms with Gasteiger partial charge in [0.1, 0.15) is 12.4 Å². The van der Waals surface area contributed by atoms with Crippen molar-refractivity contribution in [1.82, 2.24) is 0 Å². The second-order valence-corrected chi connectivity index (χ2v) is 3.15. The molecule has 7 heteroatoms. The van der Waals surface area contributed by atoms with Gasteiger partial charge in [-0.05, 0) is 13.0 Å². The summed E-state index contributed by atoms with van der Waals surface area (Å²) in [6, 6.07) is 1.33. The van der Waals surface area contributed by atoms with Crippen LogP contribution in [0.4, 0.5) is 17.6 Å². The molecular weight excluding hydrogens is 242 g/mol. The van der Waals surface area contributed by atoms with E-state index in [9.17, 15) is 17.6 Å². The van der Waals surface area contributed by atoms with Gasteiger partial charge in [0, 0.05) is 11.6 Å².